The number of carbonyl (C=O) groups is 2. The molecule has 2 amide bonds. The van der Waals surface area contributed by atoms with Crippen molar-refractivity contribution in [1.29, 1.82) is 0 Å². The number of imide groups is 1. The molecule has 1 atom stereocenters. The lowest BCUT2D eigenvalue weighted by atomic mass is 10.1. The number of hydrogen-bond donors (Lipinski definition) is 1. The molecule has 0 aromatic heterocycles. The molecule has 130 valence electrons. The molecule has 1 saturated heterocycles. The van der Waals surface area contributed by atoms with Crippen LogP contribution in [0.25, 0.3) is 0 Å². The van der Waals surface area contributed by atoms with Gasteiger partial charge in [-0.05, 0) is 42.0 Å². The summed E-state index contributed by atoms with van der Waals surface area (Å²) in [7, 11) is 1.64. The van der Waals surface area contributed by atoms with Gasteiger partial charge < -0.3 is 10.1 Å². The summed E-state index contributed by atoms with van der Waals surface area (Å²) in [5.41, 5.74) is 1.81. The predicted octanol–water partition coefficient (Wildman–Crippen LogP) is 1.90. The Labute approximate surface area is 155 Å². The van der Waals surface area contributed by atoms with Crippen LogP contribution in [0.3, 0.4) is 0 Å². The highest BCUT2D eigenvalue weighted by Crippen LogP contribution is 2.23. The number of methoxy groups -OCH3 is 1. The molecule has 0 unspecified atom stereocenters. The molecular formula is C19H20BrN2O3+. The van der Waals surface area contributed by atoms with Gasteiger partial charge in [-0.1, -0.05) is 28.1 Å². The minimum atomic E-state index is -0.339. The average molecular weight is 404 g/mol. The van der Waals surface area contributed by atoms with Gasteiger partial charge in [-0.3, -0.25) is 9.59 Å². The largest absolute Gasteiger partial charge is 0.497 e. The first-order chi connectivity index (χ1) is 12.1. The van der Waals surface area contributed by atoms with Gasteiger partial charge in [0.1, 0.15) is 5.75 Å². The van der Waals surface area contributed by atoms with E-state index in [1.54, 1.807) is 19.2 Å². The Kier molecular flexibility index (Phi) is 5.50. The lowest BCUT2D eigenvalue weighted by molar-refractivity contribution is -0.674. The summed E-state index contributed by atoms with van der Waals surface area (Å²) in [5, 5.41) is 1.96. The predicted molar refractivity (Wildman–Crippen MR) is 98.5 cm³/mol. The molecule has 0 saturated carbocycles. The Morgan fingerprint density at radius 2 is 1.80 bits per heavy atom. The maximum Gasteiger partial charge on any atom is 0.292 e. The van der Waals surface area contributed by atoms with Gasteiger partial charge in [0.25, 0.3) is 5.91 Å². The number of anilines is 1. The van der Waals surface area contributed by atoms with Crippen LogP contribution in [-0.2, 0) is 16.0 Å². The molecule has 0 bridgehead atoms. The number of quaternary nitrogens is 1. The Morgan fingerprint density at radius 3 is 2.44 bits per heavy atom. The minimum Gasteiger partial charge on any atom is -0.497 e. The Morgan fingerprint density at radius 1 is 1.12 bits per heavy atom. The van der Waals surface area contributed by atoms with Crippen molar-refractivity contribution in [3.05, 3.63) is 58.6 Å². The Hall–Kier alpha value is -2.18. The standard InChI is InChI=1S/C19H19BrN2O3/c1-25-16-8-2-13(3-9-16)10-11-21-17-12-18(23)22(19(17)24)15-6-4-14(20)5-7-15/h2-9,17,21H,10-12H2,1H3/p+1/t17-/m1/s1. The third kappa shape index (κ3) is 4.08. The van der Waals surface area contributed by atoms with Crippen molar-refractivity contribution in [2.75, 3.05) is 18.6 Å². The fourth-order valence-electron chi connectivity index (χ4n) is 2.94. The number of benzene rings is 2. The lowest BCUT2D eigenvalue weighted by Gasteiger charge is -2.14. The van der Waals surface area contributed by atoms with Gasteiger partial charge in [0.2, 0.25) is 5.91 Å². The van der Waals surface area contributed by atoms with Gasteiger partial charge in [0.15, 0.2) is 6.04 Å². The first-order valence-corrected chi connectivity index (χ1v) is 8.96. The van der Waals surface area contributed by atoms with Crippen LogP contribution in [0.15, 0.2) is 53.0 Å². The van der Waals surface area contributed by atoms with Crippen molar-refractivity contribution in [2.24, 2.45) is 0 Å². The van der Waals surface area contributed by atoms with Crippen LogP contribution in [0.4, 0.5) is 5.69 Å². The van der Waals surface area contributed by atoms with Gasteiger partial charge in [-0.15, -0.1) is 0 Å². The number of rotatable bonds is 6. The monoisotopic (exact) mass is 403 g/mol. The van der Waals surface area contributed by atoms with Crippen LogP contribution >= 0.6 is 15.9 Å². The van der Waals surface area contributed by atoms with E-state index in [-0.39, 0.29) is 24.3 Å². The molecule has 0 aliphatic carbocycles. The lowest BCUT2D eigenvalue weighted by Crippen LogP contribution is -2.92. The zero-order valence-electron chi connectivity index (χ0n) is 13.9. The second kappa shape index (κ2) is 7.80. The number of ether oxygens (including phenoxy) is 1. The summed E-state index contributed by atoms with van der Waals surface area (Å²) in [6.45, 7) is 0.754. The SMILES string of the molecule is COc1ccc(CC[NH2+][C@@H]2CC(=O)N(c3ccc(Br)cc3)C2=O)cc1. The molecule has 0 spiro atoms. The van der Waals surface area contributed by atoms with Crippen LogP contribution < -0.4 is 15.0 Å². The molecule has 6 heteroatoms. The van der Waals surface area contributed by atoms with Gasteiger partial charge in [0, 0.05) is 10.9 Å². The average Bonchev–Trinajstić information content (AvgIpc) is 2.90. The molecule has 0 radical (unpaired) electrons. The fraction of sp³-hybridized carbons (Fsp3) is 0.263. The normalized spacial score (nSPS) is 17.2. The molecule has 1 heterocycles. The van der Waals surface area contributed by atoms with E-state index in [1.165, 1.54) is 10.5 Å². The third-order valence-corrected chi connectivity index (χ3v) is 4.84. The van der Waals surface area contributed by atoms with E-state index in [2.05, 4.69) is 15.9 Å². The summed E-state index contributed by atoms with van der Waals surface area (Å²) in [4.78, 5) is 26.1. The topological polar surface area (TPSA) is 63.2 Å². The zero-order chi connectivity index (χ0) is 17.8. The molecule has 25 heavy (non-hydrogen) atoms. The summed E-state index contributed by atoms with van der Waals surface area (Å²) in [6.07, 6.45) is 1.08. The van der Waals surface area contributed by atoms with Crippen LogP contribution in [0, 0.1) is 0 Å². The molecule has 2 aromatic rings. The van der Waals surface area contributed by atoms with Gasteiger partial charge in [0.05, 0.1) is 25.8 Å². The summed E-state index contributed by atoms with van der Waals surface area (Å²) < 4.78 is 6.06. The van der Waals surface area contributed by atoms with Crippen LogP contribution in [-0.4, -0.2) is 31.5 Å². The van der Waals surface area contributed by atoms with Gasteiger partial charge >= 0.3 is 0 Å². The van der Waals surface area contributed by atoms with Crippen LogP contribution in [0.5, 0.6) is 5.75 Å². The maximum atomic E-state index is 12.6. The third-order valence-electron chi connectivity index (χ3n) is 4.31. The van der Waals surface area contributed by atoms with E-state index in [0.29, 0.717) is 5.69 Å². The second-order valence-electron chi connectivity index (χ2n) is 5.98. The molecule has 5 nitrogen and oxygen atoms in total. The van der Waals surface area contributed by atoms with E-state index >= 15 is 0 Å². The molecular weight excluding hydrogens is 384 g/mol. The summed E-state index contributed by atoms with van der Waals surface area (Å²) in [6, 6.07) is 14.8. The highest BCUT2D eigenvalue weighted by Gasteiger charge is 2.41. The number of hydrogen-bond acceptors (Lipinski definition) is 3. The minimum absolute atomic E-state index is 0.137. The van der Waals surface area contributed by atoms with E-state index in [9.17, 15) is 9.59 Å². The molecule has 2 aromatic carbocycles. The number of carbonyl (C=O) groups excluding carboxylic acids is 2. The first-order valence-electron chi connectivity index (χ1n) is 8.17. The molecule has 2 N–H and O–H groups in total. The number of nitrogens with zero attached hydrogens (tertiary/aromatic N) is 1. The Bertz CT molecular complexity index is 759. The van der Waals surface area contributed by atoms with Crippen molar-refractivity contribution < 1.29 is 19.6 Å². The quantitative estimate of drug-likeness (QED) is 0.749. The van der Waals surface area contributed by atoms with Crippen molar-refractivity contribution in [3.8, 4) is 5.75 Å². The number of halogens is 1. The van der Waals surface area contributed by atoms with Gasteiger partial charge in [-0.2, -0.15) is 0 Å². The second-order valence-corrected chi connectivity index (χ2v) is 6.89. The van der Waals surface area contributed by atoms with E-state index in [0.717, 1.165) is 23.2 Å². The van der Waals surface area contributed by atoms with Crippen LogP contribution in [0.1, 0.15) is 12.0 Å². The number of amides is 2. The molecule has 3 rings (SSSR count). The van der Waals surface area contributed by atoms with Crippen LogP contribution in [0.2, 0.25) is 0 Å². The van der Waals surface area contributed by atoms with Crippen molar-refractivity contribution in [1.82, 2.24) is 0 Å². The molecule has 1 fully saturated rings. The van der Waals surface area contributed by atoms with E-state index in [1.807, 2.05) is 41.7 Å². The van der Waals surface area contributed by atoms with E-state index < -0.39 is 0 Å². The molecule has 1 aliphatic rings. The highest BCUT2D eigenvalue weighted by molar-refractivity contribution is 9.10. The Balaban J connectivity index is 1.57. The summed E-state index contributed by atoms with van der Waals surface area (Å²) >= 11 is 3.36. The van der Waals surface area contributed by atoms with Crippen molar-refractivity contribution in [2.45, 2.75) is 18.9 Å². The molecule has 1 aliphatic heterocycles. The van der Waals surface area contributed by atoms with Crippen molar-refractivity contribution in [3.63, 3.8) is 0 Å². The zero-order valence-corrected chi connectivity index (χ0v) is 15.5. The maximum absolute atomic E-state index is 12.6. The first kappa shape index (κ1) is 17.6. The van der Waals surface area contributed by atoms with Gasteiger partial charge in [-0.25, -0.2) is 4.90 Å². The smallest absolute Gasteiger partial charge is 0.292 e. The van der Waals surface area contributed by atoms with Crippen molar-refractivity contribution >= 4 is 33.4 Å². The fourth-order valence-corrected chi connectivity index (χ4v) is 3.21. The summed E-state index contributed by atoms with van der Waals surface area (Å²) in [5.74, 6) is 0.550. The highest BCUT2D eigenvalue weighted by atomic mass is 79.9. The number of nitrogens with two attached hydrogens (primary N) is 1. The van der Waals surface area contributed by atoms with E-state index in [4.69, 9.17) is 4.74 Å².